The summed E-state index contributed by atoms with van der Waals surface area (Å²) < 4.78 is 10.5. The molecule has 6 heteroatoms. The minimum absolute atomic E-state index is 0.115. The fourth-order valence-corrected chi connectivity index (χ4v) is 3.37. The van der Waals surface area contributed by atoms with Crippen LogP contribution in [0.5, 0.6) is 5.75 Å². The summed E-state index contributed by atoms with van der Waals surface area (Å²) in [6, 6.07) is 13.9. The smallest absolute Gasteiger partial charge is 0.340 e. The number of nitrogens with zero attached hydrogens (tertiary/aromatic N) is 1. The normalized spacial score (nSPS) is 14.7. The Hall–Kier alpha value is -3.93. The van der Waals surface area contributed by atoms with Crippen molar-refractivity contribution in [2.75, 3.05) is 18.6 Å². The molecule has 6 nitrogen and oxygen atoms in total. The SMILES string of the molecule is C=CCOc1cccc(/C=C2\C(=O)N(c3cccc(C(C)=O)c3)C(C)=C2C(=O)OC)c1. The molecule has 3 rings (SSSR count). The van der Waals surface area contributed by atoms with Gasteiger partial charge in [0.05, 0.1) is 18.3 Å². The van der Waals surface area contributed by atoms with Gasteiger partial charge in [0.2, 0.25) is 0 Å². The van der Waals surface area contributed by atoms with Crippen molar-refractivity contribution in [2.45, 2.75) is 13.8 Å². The van der Waals surface area contributed by atoms with Gasteiger partial charge in [0.15, 0.2) is 5.78 Å². The Bertz CT molecular complexity index is 1130. The molecule has 0 unspecified atom stereocenters. The molecule has 1 amide bonds. The van der Waals surface area contributed by atoms with E-state index in [1.165, 1.54) is 18.9 Å². The highest BCUT2D eigenvalue weighted by molar-refractivity contribution is 6.24. The van der Waals surface area contributed by atoms with Crippen LogP contribution in [0.15, 0.2) is 78.0 Å². The van der Waals surface area contributed by atoms with Crippen LogP contribution in [0, 0.1) is 0 Å². The summed E-state index contributed by atoms with van der Waals surface area (Å²) in [5.41, 5.74) is 2.49. The maximum atomic E-state index is 13.4. The molecule has 0 saturated heterocycles. The maximum Gasteiger partial charge on any atom is 0.340 e. The molecule has 0 spiro atoms. The second kappa shape index (κ2) is 9.26. The van der Waals surface area contributed by atoms with Crippen LogP contribution in [0.25, 0.3) is 6.08 Å². The van der Waals surface area contributed by atoms with Crippen molar-refractivity contribution in [3.63, 3.8) is 0 Å². The first-order valence-corrected chi connectivity index (χ1v) is 9.67. The Labute approximate surface area is 181 Å². The van der Waals surface area contributed by atoms with Crippen molar-refractivity contribution in [3.8, 4) is 5.75 Å². The van der Waals surface area contributed by atoms with Crippen molar-refractivity contribution in [1.29, 1.82) is 0 Å². The molecule has 0 N–H and O–H groups in total. The van der Waals surface area contributed by atoms with E-state index in [2.05, 4.69) is 6.58 Å². The average Bonchev–Trinajstić information content (AvgIpc) is 3.01. The lowest BCUT2D eigenvalue weighted by Crippen LogP contribution is -2.24. The van der Waals surface area contributed by atoms with E-state index in [1.807, 2.05) is 6.07 Å². The molecule has 158 valence electrons. The molecule has 1 aliphatic rings. The number of anilines is 1. The van der Waals surface area contributed by atoms with Gasteiger partial charge in [0.1, 0.15) is 12.4 Å². The molecule has 0 atom stereocenters. The Morgan fingerprint density at radius 1 is 1.13 bits per heavy atom. The van der Waals surface area contributed by atoms with Crippen molar-refractivity contribution < 1.29 is 23.9 Å². The Morgan fingerprint density at radius 2 is 1.87 bits per heavy atom. The molecule has 0 bridgehead atoms. The number of methoxy groups -OCH3 is 1. The van der Waals surface area contributed by atoms with Crippen molar-refractivity contribution in [1.82, 2.24) is 0 Å². The summed E-state index contributed by atoms with van der Waals surface area (Å²) >= 11 is 0. The number of hydrogen-bond donors (Lipinski definition) is 0. The first-order chi connectivity index (χ1) is 14.9. The minimum Gasteiger partial charge on any atom is -0.490 e. The summed E-state index contributed by atoms with van der Waals surface area (Å²) in [5.74, 6) is -0.487. The van der Waals surface area contributed by atoms with E-state index in [0.29, 0.717) is 34.9 Å². The largest absolute Gasteiger partial charge is 0.490 e. The third-order valence-electron chi connectivity index (χ3n) is 4.84. The van der Waals surface area contributed by atoms with Crippen LogP contribution in [0.2, 0.25) is 0 Å². The zero-order valence-corrected chi connectivity index (χ0v) is 17.7. The second-order valence-electron chi connectivity index (χ2n) is 6.93. The number of ether oxygens (including phenoxy) is 2. The molecular weight excluding hydrogens is 394 g/mol. The molecule has 1 aliphatic heterocycles. The summed E-state index contributed by atoms with van der Waals surface area (Å²) in [4.78, 5) is 39.1. The predicted molar refractivity (Wildman–Crippen MR) is 119 cm³/mol. The number of ketones is 1. The molecule has 0 radical (unpaired) electrons. The highest BCUT2D eigenvalue weighted by Crippen LogP contribution is 2.36. The van der Waals surface area contributed by atoms with Crippen LogP contribution in [0.4, 0.5) is 5.69 Å². The zero-order chi connectivity index (χ0) is 22.5. The number of hydrogen-bond acceptors (Lipinski definition) is 5. The zero-order valence-electron chi connectivity index (χ0n) is 17.7. The van der Waals surface area contributed by atoms with Crippen LogP contribution in [-0.2, 0) is 14.3 Å². The van der Waals surface area contributed by atoms with Gasteiger partial charge in [-0.1, -0.05) is 36.9 Å². The number of allylic oxidation sites excluding steroid dienone is 1. The van der Waals surface area contributed by atoms with Crippen LogP contribution >= 0.6 is 0 Å². The molecule has 0 saturated carbocycles. The Kier molecular flexibility index (Phi) is 6.50. The highest BCUT2D eigenvalue weighted by Gasteiger charge is 2.38. The lowest BCUT2D eigenvalue weighted by Gasteiger charge is -2.18. The number of carbonyl (C=O) groups excluding carboxylic acids is 3. The van der Waals surface area contributed by atoms with Crippen LogP contribution in [0.3, 0.4) is 0 Å². The van der Waals surface area contributed by atoms with Crippen LogP contribution in [0.1, 0.15) is 29.8 Å². The van der Waals surface area contributed by atoms with E-state index >= 15 is 0 Å². The molecule has 0 aromatic heterocycles. The Balaban J connectivity index is 2.09. The number of esters is 1. The molecule has 31 heavy (non-hydrogen) atoms. The van der Waals surface area contributed by atoms with Gasteiger partial charge < -0.3 is 9.47 Å². The lowest BCUT2D eigenvalue weighted by atomic mass is 10.0. The summed E-state index contributed by atoms with van der Waals surface area (Å²) in [7, 11) is 1.27. The van der Waals surface area contributed by atoms with Gasteiger partial charge >= 0.3 is 5.97 Å². The van der Waals surface area contributed by atoms with Crippen molar-refractivity contribution in [2.24, 2.45) is 0 Å². The molecule has 1 heterocycles. The molecule has 2 aromatic rings. The topological polar surface area (TPSA) is 72.9 Å². The first kappa shape index (κ1) is 21.8. The van der Waals surface area contributed by atoms with Gasteiger partial charge in [0, 0.05) is 16.9 Å². The quantitative estimate of drug-likeness (QED) is 0.290. The van der Waals surface area contributed by atoms with Gasteiger partial charge in [-0.05, 0) is 49.8 Å². The molecule has 0 aliphatic carbocycles. The van der Waals surface area contributed by atoms with Crippen molar-refractivity contribution in [3.05, 3.63) is 89.2 Å². The van der Waals surface area contributed by atoms with Crippen LogP contribution < -0.4 is 9.64 Å². The Morgan fingerprint density at radius 3 is 2.55 bits per heavy atom. The lowest BCUT2D eigenvalue weighted by molar-refractivity contribution is -0.136. The number of rotatable bonds is 7. The minimum atomic E-state index is -0.610. The van der Waals surface area contributed by atoms with E-state index in [9.17, 15) is 14.4 Å². The average molecular weight is 417 g/mol. The predicted octanol–water partition coefficient (Wildman–Crippen LogP) is 4.33. The first-order valence-electron chi connectivity index (χ1n) is 9.67. The number of Topliss-reactive ketones (excluding diaryl/α,β-unsaturated/α-hetero) is 1. The van der Waals surface area contributed by atoms with E-state index in [0.717, 1.165) is 0 Å². The van der Waals surface area contributed by atoms with E-state index < -0.39 is 5.97 Å². The molecule has 2 aromatic carbocycles. The van der Waals surface area contributed by atoms with Gasteiger partial charge in [-0.15, -0.1) is 0 Å². The van der Waals surface area contributed by atoms with Crippen molar-refractivity contribution >= 4 is 29.4 Å². The maximum absolute atomic E-state index is 13.4. The van der Waals surface area contributed by atoms with Gasteiger partial charge in [-0.3, -0.25) is 14.5 Å². The fourth-order valence-electron chi connectivity index (χ4n) is 3.37. The van der Waals surface area contributed by atoms with Gasteiger partial charge in [-0.2, -0.15) is 0 Å². The summed E-state index contributed by atoms with van der Waals surface area (Å²) in [6.07, 6.45) is 3.27. The molecular formula is C25H23NO5. The third-order valence-corrected chi connectivity index (χ3v) is 4.84. The summed E-state index contributed by atoms with van der Waals surface area (Å²) in [5, 5.41) is 0. The third kappa shape index (κ3) is 4.48. The highest BCUT2D eigenvalue weighted by atomic mass is 16.5. The summed E-state index contributed by atoms with van der Waals surface area (Å²) in [6.45, 7) is 7.11. The standard InChI is InChI=1S/C25H23NO5/c1-5-12-31-21-11-6-8-18(13-21)14-22-23(25(29)30-4)16(2)26(24(22)28)20-10-7-9-19(15-20)17(3)27/h5-11,13-15H,1,12H2,2-4H3/b22-14-. The van der Waals surface area contributed by atoms with Gasteiger partial charge in [0.25, 0.3) is 5.91 Å². The van der Waals surface area contributed by atoms with Gasteiger partial charge in [-0.25, -0.2) is 4.79 Å². The van der Waals surface area contributed by atoms with E-state index in [4.69, 9.17) is 9.47 Å². The molecule has 0 fully saturated rings. The fraction of sp³-hybridized carbons (Fsp3) is 0.160. The van der Waals surface area contributed by atoms with E-state index in [-0.39, 0.29) is 22.8 Å². The monoisotopic (exact) mass is 417 g/mol. The van der Waals surface area contributed by atoms with E-state index in [1.54, 1.807) is 61.5 Å². The second-order valence-corrected chi connectivity index (χ2v) is 6.93. The number of amides is 1. The number of benzene rings is 2. The number of carbonyl (C=O) groups is 3. The van der Waals surface area contributed by atoms with Crippen LogP contribution in [-0.4, -0.2) is 31.4 Å².